The number of halogens is 3. The Kier molecular flexibility index (Phi) is 3.34. The molecule has 2 N–H and O–H groups in total. The van der Waals surface area contributed by atoms with E-state index in [0.717, 1.165) is 25.7 Å². The number of rotatable bonds is 2. The van der Waals surface area contributed by atoms with E-state index in [4.69, 9.17) is 0 Å². The summed E-state index contributed by atoms with van der Waals surface area (Å²) in [4.78, 5) is 11.9. The van der Waals surface area contributed by atoms with Crippen molar-refractivity contribution in [2.45, 2.75) is 44.3 Å². The Labute approximate surface area is 98.1 Å². The molecule has 6 heteroatoms. The van der Waals surface area contributed by atoms with Gasteiger partial charge in [0, 0.05) is 12.6 Å². The zero-order valence-electron chi connectivity index (χ0n) is 9.57. The van der Waals surface area contributed by atoms with Crippen LogP contribution in [0.3, 0.4) is 0 Å². The van der Waals surface area contributed by atoms with Crippen LogP contribution in [-0.2, 0) is 4.79 Å². The predicted octanol–water partition coefficient (Wildman–Crippen LogP) is 1.59. The fourth-order valence-electron chi connectivity index (χ4n) is 2.65. The Hall–Kier alpha value is -0.780. The summed E-state index contributed by atoms with van der Waals surface area (Å²) >= 11 is 0. The van der Waals surface area contributed by atoms with Gasteiger partial charge in [0.2, 0.25) is 5.91 Å². The lowest BCUT2D eigenvalue weighted by Crippen LogP contribution is -2.54. The Bertz CT molecular complexity index is 292. The summed E-state index contributed by atoms with van der Waals surface area (Å²) in [6, 6.07) is -0.0673. The SMILES string of the molecule is O=C(NC1CCCC1)C1(C(F)(F)F)CCNC1. The average molecular weight is 250 g/mol. The van der Waals surface area contributed by atoms with Crippen molar-refractivity contribution in [1.29, 1.82) is 0 Å². The highest BCUT2D eigenvalue weighted by molar-refractivity contribution is 5.84. The number of hydrogen-bond donors (Lipinski definition) is 2. The summed E-state index contributed by atoms with van der Waals surface area (Å²) < 4.78 is 39.1. The molecule has 1 saturated carbocycles. The molecule has 1 amide bonds. The highest BCUT2D eigenvalue weighted by Crippen LogP contribution is 2.43. The van der Waals surface area contributed by atoms with Gasteiger partial charge in [0.15, 0.2) is 5.41 Å². The molecule has 2 rings (SSSR count). The van der Waals surface area contributed by atoms with Crippen molar-refractivity contribution in [2.24, 2.45) is 5.41 Å². The summed E-state index contributed by atoms with van der Waals surface area (Å²) in [7, 11) is 0. The van der Waals surface area contributed by atoms with E-state index >= 15 is 0 Å². The highest BCUT2D eigenvalue weighted by atomic mass is 19.4. The molecule has 98 valence electrons. The molecule has 1 heterocycles. The Morgan fingerprint density at radius 1 is 1.29 bits per heavy atom. The van der Waals surface area contributed by atoms with E-state index in [-0.39, 0.29) is 25.6 Å². The van der Waals surface area contributed by atoms with Crippen molar-refractivity contribution < 1.29 is 18.0 Å². The minimum absolute atomic E-state index is 0.0673. The lowest BCUT2D eigenvalue weighted by Gasteiger charge is -2.30. The van der Waals surface area contributed by atoms with E-state index in [1.54, 1.807) is 0 Å². The van der Waals surface area contributed by atoms with Crippen LogP contribution in [0.25, 0.3) is 0 Å². The van der Waals surface area contributed by atoms with Crippen LogP contribution in [0.4, 0.5) is 13.2 Å². The molecule has 1 unspecified atom stereocenters. The third-order valence-corrected chi connectivity index (χ3v) is 3.82. The molecule has 0 spiro atoms. The van der Waals surface area contributed by atoms with Crippen LogP contribution in [0, 0.1) is 5.41 Å². The minimum Gasteiger partial charge on any atom is -0.353 e. The van der Waals surface area contributed by atoms with Crippen molar-refractivity contribution in [3.05, 3.63) is 0 Å². The van der Waals surface area contributed by atoms with E-state index in [2.05, 4.69) is 10.6 Å². The van der Waals surface area contributed by atoms with E-state index in [0.29, 0.717) is 0 Å². The molecule has 1 aliphatic heterocycles. The first kappa shape index (κ1) is 12.7. The zero-order chi connectivity index (χ0) is 12.5. The molecule has 0 aromatic heterocycles. The summed E-state index contributed by atoms with van der Waals surface area (Å²) in [5.41, 5.74) is -2.21. The number of nitrogens with one attached hydrogen (secondary N) is 2. The molecule has 1 saturated heterocycles. The van der Waals surface area contributed by atoms with E-state index in [9.17, 15) is 18.0 Å². The van der Waals surface area contributed by atoms with E-state index in [1.165, 1.54) is 0 Å². The Morgan fingerprint density at radius 2 is 1.94 bits per heavy atom. The monoisotopic (exact) mass is 250 g/mol. The average Bonchev–Trinajstić information content (AvgIpc) is 2.85. The van der Waals surface area contributed by atoms with Crippen LogP contribution in [0.15, 0.2) is 0 Å². The van der Waals surface area contributed by atoms with Crippen LogP contribution < -0.4 is 10.6 Å². The second-order valence-corrected chi connectivity index (χ2v) is 4.96. The smallest absolute Gasteiger partial charge is 0.353 e. The van der Waals surface area contributed by atoms with Crippen molar-refractivity contribution in [3.8, 4) is 0 Å². The van der Waals surface area contributed by atoms with Gasteiger partial charge >= 0.3 is 6.18 Å². The first-order valence-corrected chi connectivity index (χ1v) is 6.04. The maximum absolute atomic E-state index is 13.0. The fourth-order valence-corrected chi connectivity index (χ4v) is 2.65. The lowest BCUT2D eigenvalue weighted by atomic mass is 9.85. The van der Waals surface area contributed by atoms with Crippen LogP contribution in [0.5, 0.6) is 0 Å². The van der Waals surface area contributed by atoms with Crippen molar-refractivity contribution in [1.82, 2.24) is 10.6 Å². The van der Waals surface area contributed by atoms with Gasteiger partial charge in [-0.05, 0) is 25.8 Å². The molecule has 3 nitrogen and oxygen atoms in total. The largest absolute Gasteiger partial charge is 0.404 e. The number of amides is 1. The standard InChI is InChI=1S/C11H17F3N2O/c12-11(13,14)10(5-6-15-7-10)9(17)16-8-3-1-2-4-8/h8,15H,1-7H2,(H,16,17). The van der Waals surface area contributed by atoms with Crippen LogP contribution in [-0.4, -0.2) is 31.2 Å². The molecule has 1 aliphatic carbocycles. The molecule has 0 radical (unpaired) electrons. The Morgan fingerprint density at radius 3 is 2.41 bits per heavy atom. The fraction of sp³-hybridized carbons (Fsp3) is 0.909. The summed E-state index contributed by atoms with van der Waals surface area (Å²) in [5, 5.41) is 5.21. The van der Waals surface area contributed by atoms with Gasteiger partial charge in [-0.3, -0.25) is 4.79 Å². The third kappa shape index (κ3) is 2.27. The summed E-state index contributed by atoms with van der Waals surface area (Å²) in [6.45, 7) is -0.0490. The second-order valence-electron chi connectivity index (χ2n) is 4.96. The number of alkyl halides is 3. The van der Waals surface area contributed by atoms with Gasteiger partial charge in [-0.2, -0.15) is 13.2 Å². The molecule has 2 aliphatic rings. The highest BCUT2D eigenvalue weighted by Gasteiger charge is 2.61. The topological polar surface area (TPSA) is 41.1 Å². The van der Waals surface area contributed by atoms with Gasteiger partial charge in [0.25, 0.3) is 0 Å². The minimum atomic E-state index is -4.47. The molecule has 0 aromatic carbocycles. The lowest BCUT2D eigenvalue weighted by molar-refractivity contribution is -0.216. The van der Waals surface area contributed by atoms with Gasteiger partial charge in [-0.15, -0.1) is 0 Å². The quantitative estimate of drug-likeness (QED) is 0.781. The van der Waals surface area contributed by atoms with Crippen molar-refractivity contribution in [2.75, 3.05) is 13.1 Å². The van der Waals surface area contributed by atoms with Gasteiger partial charge in [-0.1, -0.05) is 12.8 Å². The first-order valence-electron chi connectivity index (χ1n) is 6.04. The van der Waals surface area contributed by atoms with E-state index < -0.39 is 17.5 Å². The molecular formula is C11H17F3N2O. The maximum atomic E-state index is 13.0. The molecule has 2 fully saturated rings. The first-order chi connectivity index (χ1) is 7.96. The van der Waals surface area contributed by atoms with Crippen molar-refractivity contribution >= 4 is 5.91 Å². The molecular weight excluding hydrogens is 233 g/mol. The predicted molar refractivity (Wildman–Crippen MR) is 56.4 cm³/mol. The van der Waals surface area contributed by atoms with Gasteiger partial charge in [0.1, 0.15) is 0 Å². The van der Waals surface area contributed by atoms with Gasteiger partial charge < -0.3 is 10.6 Å². The number of carbonyl (C=O) groups is 1. The maximum Gasteiger partial charge on any atom is 0.404 e. The molecule has 1 atom stereocenters. The third-order valence-electron chi connectivity index (χ3n) is 3.82. The summed E-state index contributed by atoms with van der Waals surface area (Å²) in [5.74, 6) is -0.845. The molecule has 0 bridgehead atoms. The van der Waals surface area contributed by atoms with Gasteiger partial charge in [-0.25, -0.2) is 0 Å². The van der Waals surface area contributed by atoms with Crippen LogP contribution in [0.1, 0.15) is 32.1 Å². The van der Waals surface area contributed by atoms with Crippen LogP contribution in [0.2, 0.25) is 0 Å². The number of hydrogen-bond acceptors (Lipinski definition) is 2. The summed E-state index contributed by atoms with van der Waals surface area (Å²) in [6.07, 6.45) is -1.06. The van der Waals surface area contributed by atoms with Crippen LogP contribution >= 0.6 is 0 Å². The van der Waals surface area contributed by atoms with Crippen molar-refractivity contribution in [3.63, 3.8) is 0 Å². The molecule has 0 aromatic rings. The second kappa shape index (κ2) is 4.48. The Balaban J connectivity index is 2.08. The molecule has 17 heavy (non-hydrogen) atoms. The van der Waals surface area contributed by atoms with Gasteiger partial charge in [0.05, 0.1) is 0 Å². The van der Waals surface area contributed by atoms with E-state index in [1.807, 2.05) is 0 Å². The number of carbonyl (C=O) groups excluding carboxylic acids is 1. The zero-order valence-corrected chi connectivity index (χ0v) is 9.57. The normalized spacial score (nSPS) is 30.8.